The maximum absolute atomic E-state index is 12.2. The van der Waals surface area contributed by atoms with Gasteiger partial charge in [-0.1, -0.05) is 24.6 Å². The quantitative estimate of drug-likeness (QED) is 0.753. The molecule has 1 fully saturated rings. The van der Waals surface area contributed by atoms with Gasteiger partial charge in [-0.3, -0.25) is 14.4 Å². The van der Waals surface area contributed by atoms with Gasteiger partial charge in [0.1, 0.15) is 0 Å². The average Bonchev–Trinajstić information content (AvgIpc) is 3.30. The molecule has 0 aromatic heterocycles. The van der Waals surface area contributed by atoms with Crippen LogP contribution in [0.3, 0.4) is 0 Å². The number of hydrogen-bond donors (Lipinski definition) is 1. The summed E-state index contributed by atoms with van der Waals surface area (Å²) in [5, 5.41) is 3.26. The van der Waals surface area contributed by atoms with Crippen molar-refractivity contribution >= 4 is 35.1 Å². The molecule has 0 aliphatic heterocycles. The summed E-state index contributed by atoms with van der Waals surface area (Å²) in [7, 11) is 0. The summed E-state index contributed by atoms with van der Waals surface area (Å²) in [4.78, 5) is 37.4. The van der Waals surface area contributed by atoms with Crippen LogP contribution in [0.4, 0.5) is 5.69 Å². The van der Waals surface area contributed by atoms with Crippen molar-refractivity contribution in [3.63, 3.8) is 0 Å². The van der Waals surface area contributed by atoms with Crippen LogP contribution in [0, 0.1) is 18.8 Å². The van der Waals surface area contributed by atoms with E-state index in [0.29, 0.717) is 23.2 Å². The largest absolute Gasteiger partial charge is 0.455 e. The average molecular weight is 367 g/mol. The second-order valence-corrected chi connectivity index (χ2v) is 6.78. The molecule has 1 aliphatic rings. The van der Waals surface area contributed by atoms with Crippen LogP contribution in [0.25, 0.3) is 0 Å². The summed E-state index contributed by atoms with van der Waals surface area (Å²) in [6.45, 7) is 5.48. The van der Waals surface area contributed by atoms with E-state index in [9.17, 15) is 14.4 Å². The van der Waals surface area contributed by atoms with E-state index in [-0.39, 0.29) is 36.9 Å². The van der Waals surface area contributed by atoms with E-state index in [1.54, 1.807) is 25.1 Å². The van der Waals surface area contributed by atoms with E-state index in [1.807, 2.05) is 13.8 Å². The van der Waals surface area contributed by atoms with Crippen LogP contribution in [-0.2, 0) is 19.1 Å². The number of nitrogens with one attached hydrogen (secondary N) is 1. The van der Waals surface area contributed by atoms with E-state index in [1.165, 1.54) is 4.90 Å². The number of carbonyl (C=O) groups is 3. The Hall–Kier alpha value is -2.08. The Morgan fingerprint density at radius 3 is 2.64 bits per heavy atom. The second-order valence-electron chi connectivity index (χ2n) is 6.34. The highest BCUT2D eigenvalue weighted by atomic mass is 35.5. The van der Waals surface area contributed by atoms with Gasteiger partial charge in [0.25, 0.3) is 5.91 Å². The van der Waals surface area contributed by atoms with Gasteiger partial charge in [0, 0.05) is 17.3 Å². The number of ether oxygens (including phenoxy) is 1. The van der Waals surface area contributed by atoms with Gasteiger partial charge in [0.05, 0.1) is 12.5 Å². The third kappa shape index (κ3) is 5.46. The van der Waals surface area contributed by atoms with Crippen LogP contribution in [-0.4, -0.2) is 42.4 Å². The summed E-state index contributed by atoms with van der Waals surface area (Å²) in [6, 6.07) is 5.20. The molecule has 1 saturated carbocycles. The molecule has 0 unspecified atom stereocenters. The van der Waals surface area contributed by atoms with Gasteiger partial charge in [-0.25, -0.2) is 0 Å². The molecule has 6 nitrogen and oxygen atoms in total. The minimum absolute atomic E-state index is 0.0861. The molecule has 1 N–H and O–H groups in total. The lowest BCUT2D eigenvalue weighted by atomic mass is 10.2. The molecule has 0 bridgehead atoms. The number of benzene rings is 1. The first-order chi connectivity index (χ1) is 11.8. The number of amides is 2. The number of aryl methyl sites for hydroxylation is 1. The first-order valence-electron chi connectivity index (χ1n) is 8.32. The van der Waals surface area contributed by atoms with E-state index < -0.39 is 0 Å². The van der Waals surface area contributed by atoms with Gasteiger partial charge in [0.15, 0.2) is 6.61 Å². The number of likely N-dealkylation sites (N-methyl/N-ethyl adjacent to an activating group) is 1. The smallest absolute Gasteiger partial charge is 0.309 e. The summed E-state index contributed by atoms with van der Waals surface area (Å²) in [5.74, 6) is -0.811. The summed E-state index contributed by atoms with van der Waals surface area (Å²) in [6.07, 6.45) is 0.811. The lowest BCUT2D eigenvalue weighted by Gasteiger charge is -2.20. The molecular weight excluding hydrogens is 344 g/mol. The fourth-order valence-corrected chi connectivity index (χ4v) is 2.62. The molecule has 2 amide bonds. The molecular formula is C18H23ClN2O4. The fourth-order valence-electron chi connectivity index (χ4n) is 2.45. The van der Waals surface area contributed by atoms with Gasteiger partial charge in [0.2, 0.25) is 5.91 Å². The van der Waals surface area contributed by atoms with Crippen molar-refractivity contribution < 1.29 is 19.1 Å². The third-order valence-corrected chi connectivity index (χ3v) is 4.53. The van der Waals surface area contributed by atoms with Crippen molar-refractivity contribution in [3.05, 3.63) is 28.8 Å². The van der Waals surface area contributed by atoms with Crippen molar-refractivity contribution in [3.8, 4) is 0 Å². The third-order valence-electron chi connectivity index (χ3n) is 4.29. The molecule has 1 aliphatic carbocycles. The molecule has 2 rings (SSSR count). The summed E-state index contributed by atoms with van der Waals surface area (Å²) >= 11 is 5.93. The maximum Gasteiger partial charge on any atom is 0.309 e. The number of rotatable bonds is 7. The molecule has 0 saturated heterocycles. The lowest BCUT2D eigenvalue weighted by molar-refractivity contribution is -0.153. The van der Waals surface area contributed by atoms with Gasteiger partial charge >= 0.3 is 5.97 Å². The molecule has 0 heterocycles. The lowest BCUT2D eigenvalue weighted by Crippen LogP contribution is -2.40. The van der Waals surface area contributed by atoms with Gasteiger partial charge in [-0.2, -0.15) is 0 Å². The zero-order chi connectivity index (χ0) is 18.6. The highest BCUT2D eigenvalue weighted by Crippen LogP contribution is 2.38. The molecule has 0 radical (unpaired) electrons. The van der Waals surface area contributed by atoms with Crippen LogP contribution >= 0.6 is 11.6 Å². The van der Waals surface area contributed by atoms with Crippen LogP contribution < -0.4 is 5.32 Å². The van der Waals surface area contributed by atoms with E-state index in [4.69, 9.17) is 16.3 Å². The monoisotopic (exact) mass is 366 g/mol. The number of halogens is 1. The Bertz CT molecular complexity index is 677. The molecule has 1 aromatic carbocycles. The molecule has 2 atom stereocenters. The van der Waals surface area contributed by atoms with Crippen molar-refractivity contribution in [2.24, 2.45) is 11.8 Å². The predicted octanol–water partition coefficient (Wildman–Crippen LogP) is 2.63. The predicted molar refractivity (Wildman–Crippen MR) is 95.3 cm³/mol. The van der Waals surface area contributed by atoms with Crippen LogP contribution in [0.2, 0.25) is 5.02 Å². The van der Waals surface area contributed by atoms with Crippen molar-refractivity contribution in [1.29, 1.82) is 0 Å². The topological polar surface area (TPSA) is 75.7 Å². The first-order valence-corrected chi connectivity index (χ1v) is 8.70. The first kappa shape index (κ1) is 19.2. The van der Waals surface area contributed by atoms with E-state index >= 15 is 0 Å². The number of esters is 1. The van der Waals surface area contributed by atoms with Crippen LogP contribution in [0.15, 0.2) is 18.2 Å². The summed E-state index contributed by atoms with van der Waals surface area (Å²) in [5.41, 5.74) is 1.48. The van der Waals surface area contributed by atoms with Crippen LogP contribution in [0.5, 0.6) is 0 Å². The van der Waals surface area contributed by atoms with Gasteiger partial charge in [-0.05, 0) is 43.9 Å². The Kier molecular flexibility index (Phi) is 6.42. The number of carbonyl (C=O) groups excluding carboxylic acids is 3. The molecule has 25 heavy (non-hydrogen) atoms. The Balaban J connectivity index is 1.85. The van der Waals surface area contributed by atoms with E-state index in [0.717, 1.165) is 12.0 Å². The number of nitrogens with zero attached hydrogens (tertiary/aromatic N) is 1. The molecule has 7 heteroatoms. The Morgan fingerprint density at radius 2 is 2.04 bits per heavy atom. The number of hydrogen-bond acceptors (Lipinski definition) is 4. The minimum atomic E-state index is -0.387. The van der Waals surface area contributed by atoms with Gasteiger partial charge in [-0.15, -0.1) is 0 Å². The SMILES string of the molecule is CCN(CC(=O)Nc1cc(Cl)ccc1C)C(=O)COC(=O)[C@@H]1C[C@@H]1C. The van der Waals surface area contributed by atoms with Crippen molar-refractivity contribution in [2.45, 2.75) is 27.2 Å². The molecule has 0 spiro atoms. The maximum atomic E-state index is 12.2. The minimum Gasteiger partial charge on any atom is -0.455 e. The van der Waals surface area contributed by atoms with Crippen molar-refractivity contribution in [1.82, 2.24) is 4.90 Å². The van der Waals surface area contributed by atoms with Crippen LogP contribution in [0.1, 0.15) is 25.8 Å². The highest BCUT2D eigenvalue weighted by molar-refractivity contribution is 6.31. The normalized spacial score (nSPS) is 18.4. The fraction of sp³-hybridized carbons (Fsp3) is 0.500. The second kappa shape index (κ2) is 8.34. The number of anilines is 1. The zero-order valence-electron chi connectivity index (χ0n) is 14.7. The Morgan fingerprint density at radius 1 is 1.36 bits per heavy atom. The standard InChI is InChI=1S/C18H23ClN2O4/c1-4-21(17(23)10-25-18(24)14-7-12(14)3)9-16(22)20-15-8-13(19)6-5-11(15)2/h5-6,8,12,14H,4,7,9-10H2,1-3H3,(H,20,22)/t12-,14+/m0/s1. The zero-order valence-corrected chi connectivity index (χ0v) is 15.4. The van der Waals surface area contributed by atoms with Crippen molar-refractivity contribution in [2.75, 3.05) is 25.0 Å². The van der Waals surface area contributed by atoms with E-state index in [2.05, 4.69) is 5.32 Å². The Labute approximate surface area is 152 Å². The highest BCUT2D eigenvalue weighted by Gasteiger charge is 2.40. The molecule has 1 aromatic rings. The molecule has 136 valence electrons. The summed E-state index contributed by atoms with van der Waals surface area (Å²) < 4.78 is 5.04. The van der Waals surface area contributed by atoms with Gasteiger partial charge < -0.3 is 15.0 Å².